The second-order valence-corrected chi connectivity index (χ2v) is 18.0. The summed E-state index contributed by atoms with van der Waals surface area (Å²) in [7, 11) is 1.98. The third-order valence-electron chi connectivity index (χ3n) is 15.1. The van der Waals surface area contributed by atoms with Gasteiger partial charge in [-0.05, 0) is 76.8 Å². The van der Waals surface area contributed by atoms with Gasteiger partial charge in [0, 0.05) is 75.4 Å². The van der Waals surface area contributed by atoms with Gasteiger partial charge in [0.05, 0.1) is 18.8 Å². The van der Waals surface area contributed by atoms with Gasteiger partial charge in [-0.25, -0.2) is 15.0 Å². The summed E-state index contributed by atoms with van der Waals surface area (Å²) in [6.07, 6.45) is 5.35. The molecule has 3 N–H and O–H groups in total. The topological polar surface area (TPSA) is 166 Å². The zero-order valence-corrected chi connectivity index (χ0v) is 33.7. The third kappa shape index (κ3) is 6.58. The molecule has 2 bridgehead atoms. The van der Waals surface area contributed by atoms with Gasteiger partial charge in [0.2, 0.25) is 5.91 Å². The lowest BCUT2D eigenvalue weighted by atomic mass is 9.42. The van der Waals surface area contributed by atoms with Crippen molar-refractivity contribution in [1.29, 1.82) is 0 Å². The van der Waals surface area contributed by atoms with Crippen molar-refractivity contribution in [3.63, 3.8) is 0 Å². The number of rotatable bonds is 10. The molecule has 0 radical (unpaired) electrons. The molecule has 0 aromatic carbocycles. The van der Waals surface area contributed by atoms with E-state index < -0.39 is 45.9 Å². The Balaban J connectivity index is 0.965. The summed E-state index contributed by atoms with van der Waals surface area (Å²) in [5.74, 6) is 1.22. The first kappa shape index (κ1) is 39.8. The van der Waals surface area contributed by atoms with Crippen LogP contribution in [0.25, 0.3) is 11.2 Å². The SMILES string of the molecule is C=CC1(C)CC(O)C2(C)C3C(=O)CCC3(CCC2(C)OC(=O)CN2CCN(C(=O)CCn3c(C)nc4c(N5CC[C@@H](CNC)C5)ncnc43)CC2)C(C)C1O. The molecule has 5 aliphatic rings. The van der Waals surface area contributed by atoms with Crippen LogP contribution in [0, 0.1) is 40.9 Å². The number of nitrogens with zero attached hydrogens (tertiary/aromatic N) is 7. The fourth-order valence-corrected chi connectivity index (χ4v) is 11.5. The van der Waals surface area contributed by atoms with Gasteiger partial charge in [0.25, 0.3) is 0 Å². The molecule has 0 spiro atoms. The number of anilines is 1. The molecule has 2 aromatic rings. The number of carbonyl (C=O) groups excluding carboxylic acids is 3. The lowest BCUT2D eigenvalue weighted by molar-refractivity contribution is -0.252. The van der Waals surface area contributed by atoms with Crippen LogP contribution in [0.2, 0.25) is 0 Å². The number of nitrogens with one attached hydrogen (secondary N) is 1. The molecule has 14 heteroatoms. The summed E-state index contributed by atoms with van der Waals surface area (Å²) in [5, 5.41) is 27.0. The van der Waals surface area contributed by atoms with E-state index in [0.717, 1.165) is 48.9 Å². The van der Waals surface area contributed by atoms with E-state index in [1.54, 1.807) is 12.4 Å². The van der Waals surface area contributed by atoms with Crippen molar-refractivity contribution in [3.8, 4) is 0 Å². The van der Waals surface area contributed by atoms with Gasteiger partial charge < -0.3 is 34.6 Å². The molecule has 2 aromatic heterocycles. The first-order valence-electron chi connectivity index (χ1n) is 20.4. The zero-order chi connectivity index (χ0) is 39.5. The molecule has 4 heterocycles. The van der Waals surface area contributed by atoms with E-state index in [2.05, 4.69) is 26.8 Å². The normalized spacial score (nSPS) is 36.8. The highest BCUT2D eigenvalue weighted by atomic mass is 16.6. The first-order valence-corrected chi connectivity index (χ1v) is 20.4. The van der Waals surface area contributed by atoms with Crippen LogP contribution in [-0.4, -0.2) is 134 Å². The van der Waals surface area contributed by atoms with Crippen LogP contribution >= 0.6 is 0 Å². The number of esters is 1. The molecule has 3 aliphatic carbocycles. The van der Waals surface area contributed by atoms with Crippen molar-refractivity contribution in [2.75, 3.05) is 64.3 Å². The lowest BCUT2D eigenvalue weighted by Gasteiger charge is -2.64. The molecule has 3 saturated carbocycles. The second-order valence-electron chi connectivity index (χ2n) is 18.0. The molecule has 14 nitrogen and oxygen atoms in total. The van der Waals surface area contributed by atoms with Gasteiger partial charge in [0.15, 0.2) is 17.0 Å². The molecule has 2 aliphatic heterocycles. The predicted molar refractivity (Wildman–Crippen MR) is 208 cm³/mol. The largest absolute Gasteiger partial charge is 0.458 e. The van der Waals surface area contributed by atoms with Crippen LogP contribution in [0.5, 0.6) is 0 Å². The number of carbonyl (C=O) groups is 3. The Morgan fingerprint density at radius 1 is 1.09 bits per heavy atom. The second kappa shape index (κ2) is 14.8. The number of amides is 1. The summed E-state index contributed by atoms with van der Waals surface area (Å²) < 4.78 is 8.43. The maximum Gasteiger partial charge on any atom is 0.320 e. The van der Waals surface area contributed by atoms with Gasteiger partial charge in [-0.2, -0.15) is 0 Å². The van der Waals surface area contributed by atoms with Crippen LogP contribution in [0.1, 0.15) is 78.5 Å². The molecular weight excluding hydrogens is 701 g/mol. The molecule has 2 saturated heterocycles. The maximum absolute atomic E-state index is 13.8. The summed E-state index contributed by atoms with van der Waals surface area (Å²) in [6.45, 7) is 19.1. The molecule has 55 heavy (non-hydrogen) atoms. The smallest absolute Gasteiger partial charge is 0.320 e. The van der Waals surface area contributed by atoms with Gasteiger partial charge >= 0.3 is 5.97 Å². The van der Waals surface area contributed by atoms with Crippen molar-refractivity contribution in [2.24, 2.45) is 34.0 Å². The van der Waals surface area contributed by atoms with Crippen LogP contribution < -0.4 is 10.2 Å². The zero-order valence-electron chi connectivity index (χ0n) is 33.7. The van der Waals surface area contributed by atoms with Crippen molar-refractivity contribution < 1.29 is 29.3 Å². The van der Waals surface area contributed by atoms with Crippen molar-refractivity contribution >= 4 is 34.6 Å². The van der Waals surface area contributed by atoms with Crippen molar-refractivity contribution in [1.82, 2.24) is 34.6 Å². The Morgan fingerprint density at radius 3 is 2.55 bits per heavy atom. The molecule has 9 atom stereocenters. The highest BCUT2D eigenvalue weighted by molar-refractivity contribution is 5.86. The summed E-state index contributed by atoms with van der Waals surface area (Å²) in [6, 6.07) is 0. The fraction of sp³-hybridized carbons (Fsp3) is 0.756. The minimum Gasteiger partial charge on any atom is -0.458 e. The van der Waals surface area contributed by atoms with E-state index in [1.165, 1.54) is 0 Å². The number of Topliss-reactive ketones (excluding diaryl/α,β-unsaturated/α-hetero) is 1. The van der Waals surface area contributed by atoms with Crippen LogP contribution in [0.3, 0.4) is 0 Å². The van der Waals surface area contributed by atoms with E-state index >= 15 is 0 Å². The summed E-state index contributed by atoms with van der Waals surface area (Å²) in [5.41, 5.74) is -1.88. The monoisotopic (exact) mass is 762 g/mol. The third-order valence-corrected chi connectivity index (χ3v) is 15.1. The highest BCUT2D eigenvalue weighted by Gasteiger charge is 2.72. The maximum atomic E-state index is 13.8. The Bertz CT molecular complexity index is 1810. The fourth-order valence-electron chi connectivity index (χ4n) is 11.5. The Hall–Kier alpha value is -3.46. The number of piperazine rings is 1. The number of aliphatic hydroxyl groups excluding tert-OH is 2. The molecule has 8 unspecified atom stereocenters. The standard InChI is InChI=1S/C41H62N8O6/c1-8-38(4)21-30(51)40(6)34-29(50)9-12-41(34,26(2)35(38)54)14-13-39(40,5)55-32(53)24-46-17-19-47(20-18-46)31(52)11-16-49-27(3)45-33-36(43-25-44-37(33)49)48-15-10-28(23-48)22-42-7/h8,25-26,28,30,34-35,42,51,54H,1,9-24H2,2-7H3/t26?,28-,30?,34?,35?,38?,39?,40?,41?/m0/s1. The van der Waals surface area contributed by atoms with Crippen LogP contribution in [-0.2, 0) is 25.7 Å². The van der Waals surface area contributed by atoms with Gasteiger partial charge in [-0.3, -0.25) is 19.3 Å². The minimum absolute atomic E-state index is 0.0451. The molecule has 7 rings (SSSR count). The van der Waals surface area contributed by atoms with Gasteiger partial charge in [-0.1, -0.05) is 26.8 Å². The molecule has 302 valence electrons. The van der Waals surface area contributed by atoms with Crippen molar-refractivity contribution in [2.45, 2.75) is 104 Å². The average Bonchev–Trinajstić information content (AvgIpc) is 3.86. The number of imidazole rings is 1. The van der Waals surface area contributed by atoms with Gasteiger partial charge in [-0.15, -0.1) is 6.58 Å². The first-order chi connectivity index (χ1) is 26.1. The van der Waals surface area contributed by atoms with E-state index in [9.17, 15) is 24.6 Å². The lowest BCUT2D eigenvalue weighted by Crippen LogP contribution is -2.69. The van der Waals surface area contributed by atoms with Gasteiger partial charge in [0.1, 0.15) is 23.5 Å². The predicted octanol–water partition coefficient (Wildman–Crippen LogP) is 2.74. The van der Waals surface area contributed by atoms with Crippen molar-refractivity contribution in [3.05, 3.63) is 24.8 Å². The quantitative estimate of drug-likeness (QED) is 0.240. The Morgan fingerprint density at radius 2 is 1.84 bits per heavy atom. The van der Waals surface area contributed by atoms with Crippen LogP contribution in [0.15, 0.2) is 19.0 Å². The number of fused-ring (bicyclic) bond motifs is 1. The van der Waals surface area contributed by atoms with E-state index in [-0.39, 0.29) is 30.6 Å². The number of ether oxygens (including phenoxy) is 1. The Kier molecular flexibility index (Phi) is 10.7. The Labute approximate surface area is 325 Å². The number of hydrogen-bond donors (Lipinski definition) is 3. The number of aryl methyl sites for hydroxylation is 2. The van der Waals surface area contributed by atoms with E-state index in [0.29, 0.717) is 70.7 Å². The number of ketones is 1. The molecule has 5 fully saturated rings. The molecular formula is C41H62N8O6. The van der Waals surface area contributed by atoms with E-state index in [1.807, 2.05) is 56.0 Å². The minimum atomic E-state index is -1.09. The number of aliphatic hydroxyl groups is 2. The van der Waals surface area contributed by atoms with E-state index in [4.69, 9.17) is 9.72 Å². The highest BCUT2D eigenvalue weighted by Crippen LogP contribution is 2.69. The van der Waals surface area contributed by atoms with Crippen LogP contribution in [0.4, 0.5) is 5.82 Å². The number of hydrogen-bond acceptors (Lipinski definition) is 12. The summed E-state index contributed by atoms with van der Waals surface area (Å²) >= 11 is 0. The number of aromatic nitrogens is 4. The average molecular weight is 763 g/mol. The summed E-state index contributed by atoms with van der Waals surface area (Å²) in [4.78, 5) is 61.1. The molecule has 1 amide bonds.